The highest BCUT2D eigenvalue weighted by Gasteiger charge is 2.39. The van der Waals surface area contributed by atoms with Crippen LogP contribution in [-0.4, -0.2) is 68.8 Å². The number of thioether (sulfide) groups is 1. The van der Waals surface area contributed by atoms with Crippen LogP contribution in [0, 0.1) is 5.41 Å². The maximum atomic E-state index is 12.9. The molecule has 1 aromatic rings. The van der Waals surface area contributed by atoms with Crippen molar-refractivity contribution in [3.8, 4) is 0 Å². The number of anilines is 1. The van der Waals surface area contributed by atoms with Crippen LogP contribution >= 0.6 is 36.6 Å². The number of nitrogens with one attached hydrogen (secondary N) is 2. The molecule has 0 radical (unpaired) electrons. The van der Waals surface area contributed by atoms with E-state index in [2.05, 4.69) is 27.7 Å². The summed E-state index contributed by atoms with van der Waals surface area (Å²) >= 11 is 2.05. The monoisotopic (exact) mass is 449 g/mol. The van der Waals surface area contributed by atoms with Gasteiger partial charge in [0.05, 0.1) is 12.0 Å². The van der Waals surface area contributed by atoms with Crippen LogP contribution in [0.15, 0.2) is 24.3 Å². The van der Waals surface area contributed by atoms with Gasteiger partial charge in [0, 0.05) is 43.9 Å². The van der Waals surface area contributed by atoms with Crippen molar-refractivity contribution in [2.75, 3.05) is 63.3 Å². The Morgan fingerprint density at radius 3 is 2.43 bits per heavy atom. The summed E-state index contributed by atoms with van der Waals surface area (Å²) in [5.74, 6) is 2.59. The number of ether oxygens (including phenoxy) is 1. The van der Waals surface area contributed by atoms with E-state index in [-0.39, 0.29) is 30.7 Å². The fourth-order valence-electron chi connectivity index (χ4n) is 3.75. The maximum absolute atomic E-state index is 12.9. The molecule has 0 aromatic heterocycles. The van der Waals surface area contributed by atoms with E-state index in [9.17, 15) is 4.79 Å². The molecule has 3 rings (SSSR count). The molecule has 0 aliphatic carbocycles. The predicted molar refractivity (Wildman–Crippen MR) is 123 cm³/mol. The molecule has 8 heteroatoms. The summed E-state index contributed by atoms with van der Waals surface area (Å²) in [6.45, 7) is 5.74. The second-order valence-electron chi connectivity index (χ2n) is 7.32. The Bertz CT molecular complexity index is 572. The van der Waals surface area contributed by atoms with Gasteiger partial charge >= 0.3 is 0 Å². The average molecular weight is 450 g/mol. The van der Waals surface area contributed by atoms with E-state index >= 15 is 0 Å². The second-order valence-corrected chi connectivity index (χ2v) is 8.54. The third kappa shape index (κ3) is 7.08. The zero-order valence-electron chi connectivity index (χ0n) is 16.6. The van der Waals surface area contributed by atoms with Crippen molar-refractivity contribution in [2.24, 2.45) is 5.41 Å². The number of hydrogen-bond acceptors (Lipinski definition) is 5. The van der Waals surface area contributed by atoms with Crippen molar-refractivity contribution < 1.29 is 9.53 Å². The second kappa shape index (κ2) is 12.9. The number of nitrogens with zero attached hydrogens (tertiary/aromatic N) is 1. The van der Waals surface area contributed by atoms with Gasteiger partial charge in [-0.15, -0.1) is 24.8 Å². The Balaban J connectivity index is 0.00000196. The largest absolute Gasteiger partial charge is 0.384 e. The molecule has 2 N–H and O–H groups in total. The Morgan fingerprint density at radius 1 is 1.18 bits per heavy atom. The molecule has 2 aliphatic rings. The third-order valence-electron chi connectivity index (χ3n) is 5.50. The van der Waals surface area contributed by atoms with E-state index in [0.717, 1.165) is 44.6 Å². The third-order valence-corrected chi connectivity index (χ3v) is 6.44. The molecule has 2 heterocycles. The van der Waals surface area contributed by atoms with Crippen molar-refractivity contribution in [3.05, 3.63) is 29.8 Å². The molecule has 5 nitrogen and oxygen atoms in total. The standard InChI is InChI=1S/C20H31N3O2S.2ClH/c1-25-16-20(7-9-21-10-8-20)19(24)22-18-4-2-17(3-5-18)6-11-23-12-14-26-15-13-23;;/h2-5,21H,6-16H2,1H3,(H,22,24);2*1H. The van der Waals surface area contributed by atoms with E-state index in [1.165, 1.54) is 30.2 Å². The minimum absolute atomic E-state index is 0. The van der Waals surface area contributed by atoms with Crippen molar-refractivity contribution in [3.63, 3.8) is 0 Å². The molecule has 0 bridgehead atoms. The first-order valence-electron chi connectivity index (χ1n) is 9.62. The summed E-state index contributed by atoms with van der Waals surface area (Å²) in [5, 5.41) is 6.43. The molecule has 2 saturated heterocycles. The zero-order chi connectivity index (χ0) is 18.2. The number of amides is 1. The Morgan fingerprint density at radius 2 is 1.82 bits per heavy atom. The highest BCUT2D eigenvalue weighted by molar-refractivity contribution is 7.99. The van der Waals surface area contributed by atoms with Gasteiger partial charge in [-0.05, 0) is 50.0 Å². The van der Waals surface area contributed by atoms with Crippen LogP contribution in [0.3, 0.4) is 0 Å². The molecule has 28 heavy (non-hydrogen) atoms. The molecular formula is C20H33Cl2N3O2S. The van der Waals surface area contributed by atoms with Gasteiger partial charge in [0.25, 0.3) is 0 Å². The van der Waals surface area contributed by atoms with Crippen LogP contribution in [0.1, 0.15) is 18.4 Å². The molecule has 0 atom stereocenters. The summed E-state index contributed by atoms with van der Waals surface area (Å²) in [4.78, 5) is 15.4. The van der Waals surface area contributed by atoms with Gasteiger partial charge in [0.15, 0.2) is 0 Å². The lowest BCUT2D eigenvalue weighted by molar-refractivity contribution is -0.130. The van der Waals surface area contributed by atoms with Gasteiger partial charge in [-0.25, -0.2) is 0 Å². The first-order chi connectivity index (χ1) is 12.7. The molecule has 160 valence electrons. The van der Waals surface area contributed by atoms with E-state index in [1.54, 1.807) is 7.11 Å². The first kappa shape index (κ1) is 25.5. The summed E-state index contributed by atoms with van der Waals surface area (Å²) in [6.07, 6.45) is 2.70. The Kier molecular flexibility index (Phi) is 11.8. The van der Waals surface area contributed by atoms with Crippen LogP contribution < -0.4 is 10.6 Å². The number of methoxy groups -OCH3 is 1. The smallest absolute Gasteiger partial charge is 0.233 e. The first-order valence-corrected chi connectivity index (χ1v) is 10.8. The molecule has 0 saturated carbocycles. The quantitative estimate of drug-likeness (QED) is 0.669. The predicted octanol–water partition coefficient (Wildman–Crippen LogP) is 3.08. The lowest BCUT2D eigenvalue weighted by atomic mass is 9.78. The number of piperidine rings is 1. The van der Waals surface area contributed by atoms with Crippen molar-refractivity contribution >= 4 is 48.2 Å². The van der Waals surface area contributed by atoms with Crippen LogP contribution in [0.2, 0.25) is 0 Å². The number of benzene rings is 1. The highest BCUT2D eigenvalue weighted by Crippen LogP contribution is 2.31. The van der Waals surface area contributed by atoms with E-state index in [4.69, 9.17) is 4.74 Å². The molecule has 1 amide bonds. The number of halogens is 2. The van der Waals surface area contributed by atoms with Gasteiger partial charge in [-0.1, -0.05) is 12.1 Å². The molecule has 2 aliphatic heterocycles. The van der Waals surface area contributed by atoms with Gasteiger partial charge < -0.3 is 20.3 Å². The lowest BCUT2D eigenvalue weighted by Crippen LogP contribution is -2.47. The van der Waals surface area contributed by atoms with E-state index < -0.39 is 5.41 Å². The zero-order valence-corrected chi connectivity index (χ0v) is 19.0. The van der Waals surface area contributed by atoms with Crippen molar-refractivity contribution in [1.29, 1.82) is 0 Å². The minimum Gasteiger partial charge on any atom is -0.384 e. The van der Waals surface area contributed by atoms with Crippen molar-refractivity contribution in [2.45, 2.75) is 19.3 Å². The minimum atomic E-state index is -0.412. The Labute approximate surface area is 185 Å². The lowest BCUT2D eigenvalue weighted by Gasteiger charge is -2.35. The number of rotatable bonds is 7. The van der Waals surface area contributed by atoms with Gasteiger partial charge in [-0.3, -0.25) is 4.79 Å². The molecule has 0 spiro atoms. The average Bonchev–Trinajstić information content (AvgIpc) is 2.69. The van der Waals surface area contributed by atoms with Crippen LogP contribution in [0.4, 0.5) is 5.69 Å². The van der Waals surface area contributed by atoms with E-state index in [0.29, 0.717) is 6.61 Å². The summed E-state index contributed by atoms with van der Waals surface area (Å²) in [7, 11) is 1.67. The normalized spacial score (nSPS) is 19.2. The molecule has 2 fully saturated rings. The topological polar surface area (TPSA) is 53.6 Å². The number of carbonyl (C=O) groups excluding carboxylic acids is 1. The molecule has 1 aromatic carbocycles. The van der Waals surface area contributed by atoms with Crippen LogP contribution in [0.25, 0.3) is 0 Å². The molecule has 0 unspecified atom stereocenters. The number of hydrogen-bond donors (Lipinski definition) is 2. The summed E-state index contributed by atoms with van der Waals surface area (Å²) in [5.41, 5.74) is 1.79. The van der Waals surface area contributed by atoms with Gasteiger partial charge in [0.1, 0.15) is 0 Å². The molecular weight excluding hydrogens is 417 g/mol. The number of carbonyl (C=O) groups is 1. The maximum Gasteiger partial charge on any atom is 0.233 e. The fourth-order valence-corrected chi connectivity index (χ4v) is 4.73. The SMILES string of the molecule is COCC1(C(=O)Nc2ccc(CCN3CCSCC3)cc2)CCNCC1.Cl.Cl. The highest BCUT2D eigenvalue weighted by atomic mass is 35.5. The van der Waals surface area contributed by atoms with Crippen molar-refractivity contribution in [1.82, 2.24) is 10.2 Å². The van der Waals surface area contributed by atoms with Crippen LogP contribution in [0.5, 0.6) is 0 Å². The summed E-state index contributed by atoms with van der Waals surface area (Å²) in [6, 6.07) is 8.33. The van der Waals surface area contributed by atoms with Gasteiger partial charge in [0.2, 0.25) is 5.91 Å². The van der Waals surface area contributed by atoms with E-state index in [1.807, 2.05) is 23.9 Å². The van der Waals surface area contributed by atoms with Crippen LogP contribution in [-0.2, 0) is 16.0 Å². The fraction of sp³-hybridized carbons (Fsp3) is 0.650. The van der Waals surface area contributed by atoms with Gasteiger partial charge in [-0.2, -0.15) is 11.8 Å². The summed E-state index contributed by atoms with van der Waals surface area (Å²) < 4.78 is 5.36. The Hall–Kier alpha value is -0.500.